The van der Waals surface area contributed by atoms with Crippen molar-refractivity contribution in [2.75, 3.05) is 20.6 Å². The maximum absolute atomic E-state index is 13.7. The molecule has 5 heteroatoms. The Balaban J connectivity index is 1.88. The van der Waals surface area contributed by atoms with Gasteiger partial charge in [-0.15, -0.1) is 0 Å². The maximum Gasteiger partial charge on any atom is 0.191 e. The number of halogens is 1. The first-order valence-electron chi connectivity index (χ1n) is 9.46. The van der Waals surface area contributed by atoms with E-state index in [0.717, 1.165) is 12.5 Å². The van der Waals surface area contributed by atoms with Crippen LogP contribution in [-0.4, -0.2) is 37.5 Å². The van der Waals surface area contributed by atoms with Gasteiger partial charge >= 0.3 is 0 Å². The Bertz CT molecular complexity index is 743. The molecule has 0 aliphatic heterocycles. The van der Waals surface area contributed by atoms with Crippen LogP contribution in [0.4, 0.5) is 4.39 Å². The van der Waals surface area contributed by atoms with E-state index in [2.05, 4.69) is 65.7 Å². The minimum Gasteiger partial charge on any atom is -0.356 e. The van der Waals surface area contributed by atoms with E-state index in [0.29, 0.717) is 31.1 Å². The molecule has 0 aliphatic carbocycles. The third-order valence-electron chi connectivity index (χ3n) is 4.73. The van der Waals surface area contributed by atoms with Crippen molar-refractivity contribution in [1.29, 1.82) is 0 Å². The number of aliphatic imine (C=N–C) groups is 1. The van der Waals surface area contributed by atoms with Crippen LogP contribution in [0.5, 0.6) is 0 Å². The van der Waals surface area contributed by atoms with Crippen LogP contribution >= 0.6 is 0 Å². The van der Waals surface area contributed by atoms with Gasteiger partial charge in [-0.2, -0.15) is 0 Å². The first-order chi connectivity index (χ1) is 13.0. The van der Waals surface area contributed by atoms with Gasteiger partial charge in [0, 0.05) is 32.7 Å². The molecule has 0 unspecified atom stereocenters. The Morgan fingerprint density at radius 2 is 1.63 bits per heavy atom. The minimum absolute atomic E-state index is 0.162. The normalized spacial score (nSPS) is 11.9. The van der Waals surface area contributed by atoms with Crippen LogP contribution in [0, 0.1) is 5.82 Å². The molecule has 0 saturated carbocycles. The number of benzene rings is 2. The molecule has 0 atom stereocenters. The zero-order valence-corrected chi connectivity index (χ0v) is 16.8. The van der Waals surface area contributed by atoms with Gasteiger partial charge in [-0.1, -0.05) is 42.5 Å². The van der Waals surface area contributed by atoms with Crippen LogP contribution in [0.25, 0.3) is 0 Å². The smallest absolute Gasteiger partial charge is 0.191 e. The number of nitrogens with zero attached hydrogens (tertiary/aromatic N) is 2. The summed E-state index contributed by atoms with van der Waals surface area (Å²) in [5.74, 6) is 0.559. The van der Waals surface area contributed by atoms with Crippen molar-refractivity contribution in [1.82, 2.24) is 15.5 Å². The highest BCUT2D eigenvalue weighted by Crippen LogP contribution is 2.12. The Hall–Kier alpha value is -2.40. The van der Waals surface area contributed by atoms with Crippen molar-refractivity contribution < 1.29 is 4.39 Å². The van der Waals surface area contributed by atoms with Crippen LogP contribution in [0.2, 0.25) is 0 Å². The van der Waals surface area contributed by atoms with Gasteiger partial charge in [-0.3, -0.25) is 9.89 Å². The molecule has 0 aliphatic rings. The predicted octanol–water partition coefficient (Wildman–Crippen LogP) is 3.57. The third kappa shape index (κ3) is 6.68. The van der Waals surface area contributed by atoms with Gasteiger partial charge in [0.1, 0.15) is 5.82 Å². The molecule has 2 aromatic rings. The quantitative estimate of drug-likeness (QED) is 0.551. The average Bonchev–Trinajstić information content (AvgIpc) is 2.66. The number of hydrogen-bond acceptors (Lipinski definition) is 2. The second-order valence-corrected chi connectivity index (χ2v) is 6.97. The van der Waals surface area contributed by atoms with Gasteiger partial charge in [0.15, 0.2) is 5.96 Å². The zero-order valence-electron chi connectivity index (χ0n) is 16.8. The largest absolute Gasteiger partial charge is 0.356 e. The van der Waals surface area contributed by atoms with E-state index in [9.17, 15) is 4.39 Å². The molecule has 2 rings (SSSR count). The Morgan fingerprint density at radius 1 is 1.00 bits per heavy atom. The van der Waals surface area contributed by atoms with Gasteiger partial charge in [0.25, 0.3) is 0 Å². The van der Waals surface area contributed by atoms with Crippen LogP contribution in [0.1, 0.15) is 30.5 Å². The average molecular weight is 371 g/mol. The van der Waals surface area contributed by atoms with E-state index in [1.165, 1.54) is 17.2 Å². The van der Waals surface area contributed by atoms with Gasteiger partial charge in [0.05, 0.1) is 0 Å². The summed E-state index contributed by atoms with van der Waals surface area (Å²) in [6, 6.07) is 15.8. The van der Waals surface area contributed by atoms with Gasteiger partial charge in [-0.25, -0.2) is 4.39 Å². The van der Waals surface area contributed by atoms with Crippen LogP contribution < -0.4 is 10.6 Å². The lowest BCUT2D eigenvalue weighted by Gasteiger charge is -2.23. The number of hydrogen-bond donors (Lipinski definition) is 2. The summed E-state index contributed by atoms with van der Waals surface area (Å²) < 4.78 is 13.7. The highest BCUT2D eigenvalue weighted by atomic mass is 19.1. The number of nitrogens with one attached hydrogen (secondary N) is 2. The number of guanidine groups is 1. The lowest BCUT2D eigenvalue weighted by Crippen LogP contribution is -2.38. The zero-order chi connectivity index (χ0) is 19.6. The molecule has 146 valence electrons. The number of rotatable bonds is 8. The molecule has 2 N–H and O–H groups in total. The summed E-state index contributed by atoms with van der Waals surface area (Å²) in [6.07, 6.45) is 0.614. The summed E-state index contributed by atoms with van der Waals surface area (Å²) in [7, 11) is 3.88. The van der Waals surface area contributed by atoms with Gasteiger partial charge < -0.3 is 10.6 Å². The molecule has 0 spiro atoms. The van der Waals surface area contributed by atoms with Crippen LogP contribution in [0.15, 0.2) is 53.5 Å². The molecule has 2 aromatic carbocycles. The fourth-order valence-electron chi connectivity index (χ4n) is 2.75. The van der Waals surface area contributed by atoms with E-state index in [1.54, 1.807) is 13.1 Å². The summed E-state index contributed by atoms with van der Waals surface area (Å²) in [5.41, 5.74) is 3.27. The SMILES string of the molecule is CN=C(NCCc1ccccc1F)NCc1ccccc1CN(C)C(C)C. The molecular formula is C22H31FN4. The molecular weight excluding hydrogens is 339 g/mol. The molecule has 0 bridgehead atoms. The Kier molecular flexibility index (Phi) is 8.27. The summed E-state index contributed by atoms with van der Waals surface area (Å²) in [6.45, 7) is 6.62. The second kappa shape index (κ2) is 10.7. The topological polar surface area (TPSA) is 39.7 Å². The van der Waals surface area contributed by atoms with Crippen molar-refractivity contribution in [3.05, 3.63) is 71.0 Å². The highest BCUT2D eigenvalue weighted by molar-refractivity contribution is 5.79. The predicted molar refractivity (Wildman–Crippen MR) is 111 cm³/mol. The molecule has 0 radical (unpaired) electrons. The highest BCUT2D eigenvalue weighted by Gasteiger charge is 2.08. The monoisotopic (exact) mass is 370 g/mol. The van der Waals surface area contributed by atoms with E-state index in [4.69, 9.17) is 0 Å². The molecule has 0 saturated heterocycles. The van der Waals surface area contributed by atoms with Crippen molar-refractivity contribution in [2.24, 2.45) is 4.99 Å². The van der Waals surface area contributed by atoms with E-state index >= 15 is 0 Å². The molecule has 27 heavy (non-hydrogen) atoms. The lowest BCUT2D eigenvalue weighted by molar-refractivity contribution is 0.265. The van der Waals surface area contributed by atoms with Crippen molar-refractivity contribution in [3.63, 3.8) is 0 Å². The van der Waals surface area contributed by atoms with Crippen molar-refractivity contribution >= 4 is 5.96 Å². The standard InChI is InChI=1S/C22H31FN4/c1-17(2)27(4)16-20-11-6-5-10-19(20)15-26-22(24-3)25-14-13-18-9-7-8-12-21(18)23/h5-12,17H,13-16H2,1-4H3,(H2,24,25,26). The third-order valence-corrected chi connectivity index (χ3v) is 4.73. The maximum atomic E-state index is 13.7. The van der Waals surface area contributed by atoms with E-state index in [1.807, 2.05) is 12.1 Å². The summed E-state index contributed by atoms with van der Waals surface area (Å²) >= 11 is 0. The van der Waals surface area contributed by atoms with Crippen LogP contribution in [0.3, 0.4) is 0 Å². The van der Waals surface area contributed by atoms with E-state index in [-0.39, 0.29) is 5.82 Å². The molecule has 0 aromatic heterocycles. The van der Waals surface area contributed by atoms with Gasteiger partial charge in [0.2, 0.25) is 0 Å². The Morgan fingerprint density at radius 3 is 2.26 bits per heavy atom. The van der Waals surface area contributed by atoms with Gasteiger partial charge in [-0.05, 0) is 50.1 Å². The first kappa shape index (κ1) is 20.9. The Labute approximate surface area is 162 Å². The van der Waals surface area contributed by atoms with E-state index < -0.39 is 0 Å². The summed E-state index contributed by atoms with van der Waals surface area (Å²) in [5, 5.41) is 6.61. The fraction of sp³-hybridized carbons (Fsp3) is 0.409. The van der Waals surface area contributed by atoms with Crippen molar-refractivity contribution in [2.45, 2.75) is 39.4 Å². The first-order valence-corrected chi connectivity index (χ1v) is 9.46. The second-order valence-electron chi connectivity index (χ2n) is 6.97. The minimum atomic E-state index is -0.162. The molecule has 0 heterocycles. The van der Waals surface area contributed by atoms with Crippen LogP contribution in [-0.2, 0) is 19.5 Å². The lowest BCUT2D eigenvalue weighted by atomic mass is 10.1. The summed E-state index contributed by atoms with van der Waals surface area (Å²) in [4.78, 5) is 6.59. The van der Waals surface area contributed by atoms with Crippen molar-refractivity contribution in [3.8, 4) is 0 Å². The molecule has 4 nitrogen and oxygen atoms in total. The molecule has 0 amide bonds. The fourth-order valence-corrected chi connectivity index (χ4v) is 2.75. The molecule has 0 fully saturated rings.